The van der Waals surface area contributed by atoms with E-state index in [4.69, 9.17) is 11.6 Å². The number of carbonyl (C=O) groups excluding carboxylic acids is 1. The molecule has 0 radical (unpaired) electrons. The van der Waals surface area contributed by atoms with E-state index >= 15 is 0 Å². The molecule has 2 rings (SSSR count). The minimum atomic E-state index is -0.282. The third-order valence-corrected chi connectivity index (χ3v) is 2.95. The Bertz CT molecular complexity index is 581. The molecular weight excluding hydrogens is 316 g/mol. The zero-order chi connectivity index (χ0) is 13.1. The molecule has 0 fully saturated rings. The second kappa shape index (κ2) is 5.50. The highest BCUT2D eigenvalue weighted by Gasteiger charge is 2.08. The van der Waals surface area contributed by atoms with Crippen molar-refractivity contribution in [2.24, 2.45) is 0 Å². The molecule has 0 spiro atoms. The topological polar surface area (TPSA) is 42.0 Å². The van der Waals surface area contributed by atoms with Crippen molar-refractivity contribution in [3.05, 3.63) is 57.3 Å². The van der Waals surface area contributed by atoms with E-state index in [1.165, 1.54) is 12.3 Å². The van der Waals surface area contributed by atoms with Crippen molar-refractivity contribution in [2.45, 2.75) is 6.92 Å². The van der Waals surface area contributed by atoms with Gasteiger partial charge in [0.25, 0.3) is 5.91 Å². The van der Waals surface area contributed by atoms with Gasteiger partial charge in [0.05, 0.1) is 0 Å². The quantitative estimate of drug-likeness (QED) is 0.905. The maximum absolute atomic E-state index is 11.9. The molecule has 0 bridgehead atoms. The Labute approximate surface area is 118 Å². The van der Waals surface area contributed by atoms with Gasteiger partial charge in [-0.15, -0.1) is 0 Å². The number of carbonyl (C=O) groups is 1. The lowest BCUT2D eigenvalue weighted by atomic mass is 10.2. The van der Waals surface area contributed by atoms with Gasteiger partial charge in [-0.05, 0) is 42.8 Å². The van der Waals surface area contributed by atoms with Crippen molar-refractivity contribution < 1.29 is 4.79 Å². The largest absolute Gasteiger partial charge is 0.321 e. The number of aromatic nitrogens is 1. The summed E-state index contributed by atoms with van der Waals surface area (Å²) in [6.07, 6.45) is 1.50. The number of nitrogens with zero attached hydrogens (tertiary/aromatic N) is 1. The number of amides is 1. The predicted octanol–water partition coefficient (Wildman–Crippen LogP) is 4.06. The maximum atomic E-state index is 11.9. The minimum Gasteiger partial charge on any atom is -0.321 e. The van der Waals surface area contributed by atoms with Crippen molar-refractivity contribution in [3.63, 3.8) is 0 Å². The molecule has 5 heteroatoms. The third-order valence-electron chi connectivity index (χ3n) is 2.25. The van der Waals surface area contributed by atoms with Gasteiger partial charge in [-0.1, -0.05) is 27.5 Å². The number of anilines is 1. The fraction of sp³-hybridized carbons (Fsp3) is 0.0769. The summed E-state index contributed by atoms with van der Waals surface area (Å²) in [7, 11) is 0. The van der Waals surface area contributed by atoms with Crippen LogP contribution in [0.25, 0.3) is 0 Å². The van der Waals surface area contributed by atoms with Crippen molar-refractivity contribution >= 4 is 39.1 Å². The van der Waals surface area contributed by atoms with Crippen LogP contribution in [0.3, 0.4) is 0 Å². The molecule has 0 unspecified atom stereocenters. The highest BCUT2D eigenvalue weighted by Crippen LogP contribution is 2.19. The lowest BCUT2D eigenvalue weighted by molar-refractivity contribution is 0.102. The molecule has 0 saturated carbocycles. The zero-order valence-electron chi connectivity index (χ0n) is 9.58. The van der Waals surface area contributed by atoms with Crippen LogP contribution in [0.1, 0.15) is 16.1 Å². The van der Waals surface area contributed by atoms with Crippen LogP contribution in [0.15, 0.2) is 41.0 Å². The van der Waals surface area contributed by atoms with E-state index in [0.717, 1.165) is 10.0 Å². The van der Waals surface area contributed by atoms with Gasteiger partial charge >= 0.3 is 0 Å². The molecule has 0 aliphatic rings. The standard InChI is InChI=1S/C13H10BrClN2O/c1-8-4-9(14)6-11(5-8)17-13(18)12-7-10(15)2-3-16-12/h2-7H,1H3,(H,17,18). The molecule has 1 amide bonds. The van der Waals surface area contributed by atoms with Crippen LogP contribution in [-0.2, 0) is 0 Å². The van der Waals surface area contributed by atoms with Crippen molar-refractivity contribution in [1.82, 2.24) is 4.98 Å². The Hall–Kier alpha value is -1.39. The van der Waals surface area contributed by atoms with Crippen LogP contribution in [-0.4, -0.2) is 10.9 Å². The lowest BCUT2D eigenvalue weighted by Crippen LogP contribution is -2.13. The first-order valence-corrected chi connectivity index (χ1v) is 6.42. The molecule has 0 aliphatic heterocycles. The summed E-state index contributed by atoms with van der Waals surface area (Å²) in [5.74, 6) is -0.282. The molecule has 1 aromatic carbocycles. The van der Waals surface area contributed by atoms with Crippen LogP contribution < -0.4 is 5.32 Å². The average Bonchev–Trinajstić information content (AvgIpc) is 2.27. The summed E-state index contributed by atoms with van der Waals surface area (Å²) in [4.78, 5) is 15.9. The van der Waals surface area contributed by atoms with Gasteiger partial charge in [0.15, 0.2) is 0 Å². The fourth-order valence-corrected chi connectivity index (χ4v) is 2.30. The highest BCUT2D eigenvalue weighted by atomic mass is 79.9. The summed E-state index contributed by atoms with van der Waals surface area (Å²) >= 11 is 9.20. The molecule has 1 N–H and O–H groups in total. The van der Waals surface area contributed by atoms with Crippen molar-refractivity contribution in [3.8, 4) is 0 Å². The average molecular weight is 326 g/mol. The number of hydrogen-bond donors (Lipinski definition) is 1. The Morgan fingerprint density at radius 1 is 1.33 bits per heavy atom. The van der Waals surface area contributed by atoms with E-state index in [9.17, 15) is 4.79 Å². The lowest BCUT2D eigenvalue weighted by Gasteiger charge is -2.06. The molecule has 1 heterocycles. The van der Waals surface area contributed by atoms with Crippen LogP contribution in [0.5, 0.6) is 0 Å². The van der Waals surface area contributed by atoms with E-state index < -0.39 is 0 Å². The molecule has 3 nitrogen and oxygen atoms in total. The zero-order valence-corrected chi connectivity index (χ0v) is 11.9. The predicted molar refractivity (Wildman–Crippen MR) is 76.1 cm³/mol. The van der Waals surface area contributed by atoms with Crippen LogP contribution in [0, 0.1) is 6.92 Å². The second-order valence-corrected chi connectivity index (χ2v) is 5.18. The molecule has 92 valence electrons. The Kier molecular flexibility index (Phi) is 3.99. The monoisotopic (exact) mass is 324 g/mol. The first kappa shape index (κ1) is 13.1. The van der Waals surface area contributed by atoms with Crippen LogP contribution in [0.4, 0.5) is 5.69 Å². The number of benzene rings is 1. The summed E-state index contributed by atoms with van der Waals surface area (Å²) < 4.78 is 0.914. The van der Waals surface area contributed by atoms with Gasteiger partial charge in [0, 0.05) is 21.4 Å². The Morgan fingerprint density at radius 3 is 2.78 bits per heavy atom. The van der Waals surface area contributed by atoms with Crippen molar-refractivity contribution in [2.75, 3.05) is 5.32 Å². The van der Waals surface area contributed by atoms with Gasteiger partial charge < -0.3 is 5.32 Å². The molecule has 0 saturated heterocycles. The van der Waals surface area contributed by atoms with Crippen LogP contribution >= 0.6 is 27.5 Å². The van der Waals surface area contributed by atoms with E-state index in [2.05, 4.69) is 26.2 Å². The molecule has 0 aliphatic carbocycles. The SMILES string of the molecule is Cc1cc(Br)cc(NC(=O)c2cc(Cl)ccn2)c1. The maximum Gasteiger partial charge on any atom is 0.274 e. The normalized spacial score (nSPS) is 10.2. The van der Waals surface area contributed by atoms with Crippen LogP contribution in [0.2, 0.25) is 5.02 Å². The van der Waals surface area contributed by atoms with Gasteiger partial charge in [0.2, 0.25) is 0 Å². The van der Waals surface area contributed by atoms with Gasteiger partial charge in [0.1, 0.15) is 5.69 Å². The van der Waals surface area contributed by atoms with Gasteiger partial charge in [-0.25, -0.2) is 0 Å². The van der Waals surface area contributed by atoms with E-state index in [1.807, 2.05) is 25.1 Å². The van der Waals surface area contributed by atoms with E-state index in [-0.39, 0.29) is 5.91 Å². The van der Waals surface area contributed by atoms with Crippen molar-refractivity contribution in [1.29, 1.82) is 0 Å². The molecule has 18 heavy (non-hydrogen) atoms. The summed E-state index contributed by atoms with van der Waals surface area (Å²) in [5.41, 5.74) is 2.06. The fourth-order valence-electron chi connectivity index (χ4n) is 1.53. The number of nitrogens with one attached hydrogen (secondary N) is 1. The first-order valence-electron chi connectivity index (χ1n) is 5.25. The van der Waals surface area contributed by atoms with E-state index in [0.29, 0.717) is 16.4 Å². The minimum absolute atomic E-state index is 0.282. The number of hydrogen-bond acceptors (Lipinski definition) is 2. The third kappa shape index (κ3) is 3.31. The molecular formula is C13H10BrClN2O. The Morgan fingerprint density at radius 2 is 2.11 bits per heavy atom. The van der Waals surface area contributed by atoms with E-state index in [1.54, 1.807) is 6.07 Å². The molecule has 0 atom stereocenters. The summed E-state index contributed by atoms with van der Waals surface area (Å²) in [5, 5.41) is 3.26. The summed E-state index contributed by atoms with van der Waals surface area (Å²) in [6.45, 7) is 1.96. The number of halogens is 2. The smallest absolute Gasteiger partial charge is 0.274 e. The van der Waals surface area contributed by atoms with Gasteiger partial charge in [-0.3, -0.25) is 9.78 Å². The number of aryl methyl sites for hydroxylation is 1. The number of rotatable bonds is 2. The van der Waals surface area contributed by atoms with Gasteiger partial charge in [-0.2, -0.15) is 0 Å². The first-order chi connectivity index (χ1) is 8.54. The second-order valence-electron chi connectivity index (χ2n) is 3.83. The Balaban J connectivity index is 2.21. The molecule has 2 aromatic rings. The summed E-state index contributed by atoms with van der Waals surface area (Å²) in [6, 6.07) is 8.83. The highest BCUT2D eigenvalue weighted by molar-refractivity contribution is 9.10. The number of pyridine rings is 1. The molecule has 1 aromatic heterocycles.